The molecule has 0 aliphatic heterocycles. The summed E-state index contributed by atoms with van der Waals surface area (Å²) in [6.45, 7) is 0. The van der Waals surface area contributed by atoms with Crippen molar-refractivity contribution in [3.8, 4) is 0 Å². The Balaban J connectivity index is 0. The number of hydrogen-bond donors (Lipinski definition) is 1. The number of hydrogen-bond acceptors (Lipinski definition) is 2. The monoisotopic (exact) mass is 276 g/mol. The molecule has 0 bridgehead atoms. The van der Waals surface area contributed by atoms with E-state index in [4.69, 9.17) is 4.55 Å². The first kappa shape index (κ1) is 13.2. The van der Waals surface area contributed by atoms with Crippen LogP contribution in [-0.2, 0) is 10.1 Å². The zero-order valence-electron chi connectivity index (χ0n) is 7.36. The summed E-state index contributed by atoms with van der Waals surface area (Å²) in [4.78, 5) is -0.0966. The molecular formula is C6H6BrKO3S. The van der Waals surface area contributed by atoms with Gasteiger partial charge in [-0.3, -0.25) is 4.55 Å². The van der Waals surface area contributed by atoms with Crippen molar-refractivity contribution in [2.45, 2.75) is 4.90 Å². The van der Waals surface area contributed by atoms with Crippen LogP contribution < -0.4 is 51.4 Å². The standard InChI is InChI=1S/C6H5BrO3S.K.H/c7-5-1-3-6(4-2-5)11(8,9)10;;/h1-4H,(H,8,9,10);;/q;+1;-1. The van der Waals surface area contributed by atoms with Gasteiger partial charge in [-0.05, 0) is 24.3 Å². The largest absolute Gasteiger partial charge is 1.00 e. The Kier molecular flexibility index (Phi) is 5.75. The molecule has 0 spiro atoms. The second-order valence-corrected chi connectivity index (χ2v) is 4.27. The number of benzene rings is 1. The van der Waals surface area contributed by atoms with E-state index in [1.165, 1.54) is 12.1 Å². The average molecular weight is 277 g/mol. The van der Waals surface area contributed by atoms with Gasteiger partial charge in [-0.25, -0.2) is 0 Å². The SMILES string of the molecule is O=S(=O)(O)c1ccc(Br)cc1.[H-].[K+]. The van der Waals surface area contributed by atoms with Gasteiger partial charge in [0.25, 0.3) is 10.1 Å². The molecule has 1 rings (SSSR count). The molecule has 0 fully saturated rings. The fourth-order valence-electron chi connectivity index (χ4n) is 0.607. The van der Waals surface area contributed by atoms with Crippen molar-refractivity contribution in [3.05, 3.63) is 28.7 Å². The Morgan fingerprint density at radius 1 is 1.25 bits per heavy atom. The first-order valence-electron chi connectivity index (χ1n) is 2.73. The van der Waals surface area contributed by atoms with Crippen LogP contribution >= 0.6 is 15.9 Å². The molecule has 0 aliphatic carbocycles. The van der Waals surface area contributed by atoms with E-state index in [2.05, 4.69) is 15.9 Å². The van der Waals surface area contributed by atoms with Crippen LogP contribution in [0.1, 0.15) is 1.43 Å². The first-order chi connectivity index (χ1) is 5.00. The minimum absolute atomic E-state index is 0. The van der Waals surface area contributed by atoms with Gasteiger partial charge in [-0.15, -0.1) is 0 Å². The molecule has 3 nitrogen and oxygen atoms in total. The minimum Gasteiger partial charge on any atom is -1.00 e. The summed E-state index contributed by atoms with van der Waals surface area (Å²) < 4.78 is 30.3. The molecule has 0 aromatic heterocycles. The maximum atomic E-state index is 10.5. The van der Waals surface area contributed by atoms with E-state index in [1.807, 2.05) is 0 Å². The van der Waals surface area contributed by atoms with Gasteiger partial charge in [-0.2, -0.15) is 8.42 Å². The predicted molar refractivity (Wildman–Crippen MR) is 45.1 cm³/mol. The summed E-state index contributed by atoms with van der Waals surface area (Å²) in [6, 6.07) is 5.73. The molecule has 1 aromatic carbocycles. The molecular weight excluding hydrogens is 271 g/mol. The van der Waals surface area contributed by atoms with Gasteiger partial charge < -0.3 is 1.43 Å². The maximum absolute atomic E-state index is 10.5. The third kappa shape index (κ3) is 3.97. The van der Waals surface area contributed by atoms with Crippen LogP contribution in [0.4, 0.5) is 0 Å². The molecule has 0 radical (unpaired) electrons. The summed E-state index contributed by atoms with van der Waals surface area (Å²) >= 11 is 3.14. The second-order valence-electron chi connectivity index (χ2n) is 1.93. The molecule has 0 aliphatic rings. The van der Waals surface area contributed by atoms with Crippen molar-refractivity contribution < 1.29 is 65.8 Å². The van der Waals surface area contributed by atoms with Gasteiger partial charge >= 0.3 is 51.4 Å². The molecule has 0 amide bonds. The van der Waals surface area contributed by atoms with E-state index in [0.717, 1.165) is 4.47 Å². The normalized spacial score (nSPS) is 10.5. The fourth-order valence-corrected chi connectivity index (χ4v) is 1.35. The summed E-state index contributed by atoms with van der Waals surface area (Å²) in [5.74, 6) is 0. The third-order valence-corrected chi connectivity index (χ3v) is 2.51. The molecule has 1 N–H and O–H groups in total. The van der Waals surface area contributed by atoms with Crippen molar-refractivity contribution >= 4 is 26.0 Å². The van der Waals surface area contributed by atoms with Gasteiger partial charge in [0.2, 0.25) is 0 Å². The molecule has 1 aromatic rings. The van der Waals surface area contributed by atoms with E-state index >= 15 is 0 Å². The Hall–Kier alpha value is 1.25. The zero-order valence-corrected chi connectivity index (χ0v) is 11.9. The Bertz CT molecular complexity index is 351. The van der Waals surface area contributed by atoms with E-state index < -0.39 is 10.1 Å². The van der Waals surface area contributed by atoms with Crippen molar-refractivity contribution in [2.75, 3.05) is 0 Å². The minimum atomic E-state index is -4.04. The van der Waals surface area contributed by atoms with Crippen molar-refractivity contribution in [1.29, 1.82) is 0 Å². The van der Waals surface area contributed by atoms with Crippen LogP contribution in [0.2, 0.25) is 0 Å². The molecule has 0 unspecified atom stereocenters. The van der Waals surface area contributed by atoms with Gasteiger partial charge in [0.1, 0.15) is 0 Å². The molecule has 0 saturated carbocycles. The smallest absolute Gasteiger partial charge is 1.00 e. The molecule has 0 atom stereocenters. The molecule has 0 saturated heterocycles. The quantitative estimate of drug-likeness (QED) is 0.519. The van der Waals surface area contributed by atoms with Gasteiger partial charge in [0.15, 0.2) is 0 Å². The predicted octanol–water partition coefficient (Wildman–Crippen LogP) is -1.19. The molecule has 12 heavy (non-hydrogen) atoms. The summed E-state index contributed by atoms with van der Waals surface area (Å²) in [5.41, 5.74) is 0. The summed E-state index contributed by atoms with van der Waals surface area (Å²) in [6.07, 6.45) is 0. The topological polar surface area (TPSA) is 54.4 Å². The first-order valence-corrected chi connectivity index (χ1v) is 4.96. The van der Waals surface area contributed by atoms with E-state index in [1.54, 1.807) is 12.1 Å². The Labute approximate surface area is 123 Å². The van der Waals surface area contributed by atoms with Crippen LogP contribution in [0.5, 0.6) is 0 Å². The second kappa shape index (κ2) is 5.21. The van der Waals surface area contributed by atoms with Gasteiger partial charge in [0, 0.05) is 4.47 Å². The molecule has 6 heteroatoms. The summed E-state index contributed by atoms with van der Waals surface area (Å²) in [5, 5.41) is 0. The summed E-state index contributed by atoms with van der Waals surface area (Å²) in [7, 11) is -4.04. The van der Waals surface area contributed by atoms with Gasteiger partial charge in [0.05, 0.1) is 4.90 Å². The van der Waals surface area contributed by atoms with E-state index in [0.29, 0.717) is 0 Å². The van der Waals surface area contributed by atoms with Crippen molar-refractivity contribution in [2.24, 2.45) is 0 Å². The van der Waals surface area contributed by atoms with Crippen LogP contribution in [0.15, 0.2) is 33.6 Å². The number of rotatable bonds is 1. The van der Waals surface area contributed by atoms with Crippen LogP contribution in [0.3, 0.4) is 0 Å². The van der Waals surface area contributed by atoms with Crippen molar-refractivity contribution in [1.82, 2.24) is 0 Å². The molecule has 0 heterocycles. The van der Waals surface area contributed by atoms with Gasteiger partial charge in [-0.1, -0.05) is 15.9 Å². The maximum Gasteiger partial charge on any atom is 1.00 e. The van der Waals surface area contributed by atoms with E-state index in [-0.39, 0.29) is 57.7 Å². The van der Waals surface area contributed by atoms with E-state index in [9.17, 15) is 8.42 Å². The zero-order chi connectivity index (χ0) is 8.48. The fraction of sp³-hybridized carbons (Fsp3) is 0. The van der Waals surface area contributed by atoms with Crippen LogP contribution in [-0.4, -0.2) is 13.0 Å². The van der Waals surface area contributed by atoms with Crippen molar-refractivity contribution in [3.63, 3.8) is 0 Å². The number of halogens is 1. The van der Waals surface area contributed by atoms with Crippen LogP contribution in [0.25, 0.3) is 0 Å². The molecule has 62 valence electrons. The average Bonchev–Trinajstić information content (AvgIpc) is 1.86. The third-order valence-electron chi connectivity index (χ3n) is 1.11. The van der Waals surface area contributed by atoms with Crippen LogP contribution in [0, 0.1) is 0 Å². The Morgan fingerprint density at radius 3 is 2.00 bits per heavy atom. The Morgan fingerprint density at radius 2 is 1.67 bits per heavy atom.